The molecule has 9 nitrogen and oxygen atoms in total. The Hall–Kier alpha value is -4.53. The summed E-state index contributed by atoms with van der Waals surface area (Å²) in [5.41, 5.74) is 2.78. The lowest BCUT2D eigenvalue weighted by atomic mass is 9.96. The van der Waals surface area contributed by atoms with E-state index in [9.17, 15) is 14.4 Å². The van der Waals surface area contributed by atoms with Crippen LogP contribution in [0.4, 0.5) is 14.4 Å². The molecule has 224 valence electrons. The van der Waals surface area contributed by atoms with E-state index in [1.807, 2.05) is 91.0 Å². The number of alkyl carbamates (subject to hydrolysis) is 3. The van der Waals surface area contributed by atoms with E-state index in [0.29, 0.717) is 19.6 Å². The van der Waals surface area contributed by atoms with Crippen molar-refractivity contribution in [3.8, 4) is 0 Å². The Balaban J connectivity index is 1.33. The van der Waals surface area contributed by atoms with Gasteiger partial charge in [-0.25, -0.2) is 14.4 Å². The lowest BCUT2D eigenvalue weighted by Crippen LogP contribution is -2.31. The Labute approximate surface area is 247 Å². The highest BCUT2D eigenvalue weighted by molar-refractivity contribution is 5.67. The molecule has 3 amide bonds. The summed E-state index contributed by atoms with van der Waals surface area (Å²) in [4.78, 5) is 36.3. The molecule has 0 saturated carbocycles. The number of amides is 3. The fourth-order valence-electron chi connectivity index (χ4n) is 4.23. The van der Waals surface area contributed by atoms with E-state index in [4.69, 9.17) is 14.2 Å². The third kappa shape index (κ3) is 14.2. The monoisotopic (exact) mass is 575 g/mol. The van der Waals surface area contributed by atoms with Gasteiger partial charge in [0.2, 0.25) is 0 Å². The normalized spacial score (nSPS) is 11.1. The van der Waals surface area contributed by atoms with Gasteiger partial charge in [-0.15, -0.1) is 0 Å². The van der Waals surface area contributed by atoms with Gasteiger partial charge in [-0.05, 0) is 48.3 Å². The van der Waals surface area contributed by atoms with Crippen molar-refractivity contribution in [2.45, 2.75) is 51.9 Å². The second-order valence-electron chi connectivity index (χ2n) is 9.92. The molecule has 9 heteroatoms. The number of ether oxygens (including phenoxy) is 3. The van der Waals surface area contributed by atoms with E-state index >= 15 is 0 Å². The predicted molar refractivity (Wildman–Crippen MR) is 160 cm³/mol. The van der Waals surface area contributed by atoms with Gasteiger partial charge in [-0.2, -0.15) is 0 Å². The van der Waals surface area contributed by atoms with Crippen LogP contribution >= 0.6 is 0 Å². The zero-order chi connectivity index (χ0) is 29.7. The average molecular weight is 576 g/mol. The van der Waals surface area contributed by atoms with Gasteiger partial charge >= 0.3 is 18.3 Å². The molecular weight excluding hydrogens is 534 g/mol. The van der Waals surface area contributed by atoms with Crippen LogP contribution < -0.4 is 16.0 Å². The van der Waals surface area contributed by atoms with Gasteiger partial charge in [-0.3, -0.25) is 0 Å². The molecule has 0 spiro atoms. The van der Waals surface area contributed by atoms with Crippen molar-refractivity contribution >= 4 is 18.3 Å². The van der Waals surface area contributed by atoms with Gasteiger partial charge < -0.3 is 30.2 Å². The Kier molecular flexibility index (Phi) is 14.9. The molecule has 42 heavy (non-hydrogen) atoms. The molecule has 0 saturated heterocycles. The summed E-state index contributed by atoms with van der Waals surface area (Å²) in [5.74, 6) is 0.182. The molecule has 3 N–H and O–H groups in total. The van der Waals surface area contributed by atoms with Crippen LogP contribution in [0.3, 0.4) is 0 Å². The third-order valence-electron chi connectivity index (χ3n) is 6.54. The summed E-state index contributed by atoms with van der Waals surface area (Å²) in [6.07, 6.45) is 2.65. The van der Waals surface area contributed by atoms with Gasteiger partial charge in [-0.1, -0.05) is 97.4 Å². The molecule has 0 bridgehead atoms. The fourth-order valence-corrected chi connectivity index (χ4v) is 4.23. The van der Waals surface area contributed by atoms with Gasteiger partial charge in [0, 0.05) is 19.6 Å². The number of benzene rings is 3. The SMILES string of the molecule is O=C(NCCCCC(CCCNC(=O)OCc1ccccc1)CNC(=O)OCc1ccccc1)OCc1ccccc1. The van der Waals surface area contributed by atoms with Crippen LogP contribution in [-0.4, -0.2) is 37.9 Å². The number of nitrogens with one attached hydrogen (secondary N) is 3. The molecule has 3 rings (SSSR count). The first kappa shape index (κ1) is 32.0. The average Bonchev–Trinajstić information content (AvgIpc) is 3.03. The molecule has 0 aliphatic heterocycles. The summed E-state index contributed by atoms with van der Waals surface area (Å²) < 4.78 is 15.8. The Bertz CT molecular complexity index is 1180. The number of rotatable bonds is 17. The van der Waals surface area contributed by atoms with E-state index in [0.717, 1.165) is 48.8 Å². The van der Waals surface area contributed by atoms with Crippen molar-refractivity contribution in [1.29, 1.82) is 0 Å². The van der Waals surface area contributed by atoms with Crippen LogP contribution in [0, 0.1) is 5.92 Å². The van der Waals surface area contributed by atoms with Crippen LogP contribution in [0.25, 0.3) is 0 Å². The maximum absolute atomic E-state index is 12.3. The van der Waals surface area contributed by atoms with Crippen LogP contribution in [0.1, 0.15) is 48.8 Å². The van der Waals surface area contributed by atoms with Crippen LogP contribution in [0.15, 0.2) is 91.0 Å². The molecule has 1 unspecified atom stereocenters. The van der Waals surface area contributed by atoms with Crippen molar-refractivity contribution < 1.29 is 28.6 Å². The lowest BCUT2D eigenvalue weighted by Gasteiger charge is -2.18. The number of hydrogen-bond donors (Lipinski definition) is 3. The molecule has 0 radical (unpaired) electrons. The zero-order valence-corrected chi connectivity index (χ0v) is 24.0. The topological polar surface area (TPSA) is 115 Å². The van der Waals surface area contributed by atoms with E-state index in [1.54, 1.807) is 0 Å². The fraction of sp³-hybridized carbons (Fsp3) is 0.364. The second-order valence-corrected chi connectivity index (χ2v) is 9.92. The first-order chi connectivity index (χ1) is 20.6. The van der Waals surface area contributed by atoms with E-state index < -0.39 is 18.3 Å². The minimum absolute atomic E-state index is 0.182. The second kappa shape index (κ2) is 19.5. The van der Waals surface area contributed by atoms with Crippen LogP contribution in [0.2, 0.25) is 0 Å². The minimum Gasteiger partial charge on any atom is -0.445 e. The van der Waals surface area contributed by atoms with Gasteiger partial charge in [0.25, 0.3) is 0 Å². The molecule has 0 aromatic heterocycles. The number of carbonyl (C=O) groups excluding carboxylic acids is 3. The summed E-state index contributed by atoms with van der Waals surface area (Å²) in [6, 6.07) is 28.6. The lowest BCUT2D eigenvalue weighted by molar-refractivity contribution is 0.136. The molecule has 0 aliphatic rings. The van der Waals surface area contributed by atoms with Crippen LogP contribution in [-0.2, 0) is 34.0 Å². The molecule has 3 aromatic rings. The highest BCUT2D eigenvalue weighted by Gasteiger charge is 2.13. The first-order valence-electron chi connectivity index (χ1n) is 14.4. The molecule has 0 aliphatic carbocycles. The highest BCUT2D eigenvalue weighted by Crippen LogP contribution is 2.14. The summed E-state index contributed by atoms with van der Waals surface area (Å²) >= 11 is 0. The highest BCUT2D eigenvalue weighted by atomic mass is 16.6. The van der Waals surface area contributed by atoms with Crippen molar-refractivity contribution in [1.82, 2.24) is 16.0 Å². The number of carbonyl (C=O) groups is 3. The van der Waals surface area contributed by atoms with Crippen LogP contribution in [0.5, 0.6) is 0 Å². The van der Waals surface area contributed by atoms with E-state index in [2.05, 4.69) is 16.0 Å². The molecule has 0 fully saturated rings. The first-order valence-corrected chi connectivity index (χ1v) is 14.4. The maximum Gasteiger partial charge on any atom is 0.407 e. The van der Waals surface area contributed by atoms with Gasteiger partial charge in [0.15, 0.2) is 0 Å². The van der Waals surface area contributed by atoms with Gasteiger partial charge in [0.05, 0.1) is 0 Å². The largest absolute Gasteiger partial charge is 0.445 e. The van der Waals surface area contributed by atoms with Crippen molar-refractivity contribution in [3.05, 3.63) is 108 Å². The summed E-state index contributed by atoms with van der Waals surface area (Å²) in [7, 11) is 0. The number of hydrogen-bond acceptors (Lipinski definition) is 6. The number of unbranched alkanes of at least 4 members (excludes halogenated alkanes) is 1. The molecular formula is C33H41N3O6. The Morgan fingerprint density at radius 1 is 0.500 bits per heavy atom. The molecule has 3 aromatic carbocycles. The van der Waals surface area contributed by atoms with Crippen molar-refractivity contribution in [3.63, 3.8) is 0 Å². The predicted octanol–water partition coefficient (Wildman–Crippen LogP) is 6.33. The van der Waals surface area contributed by atoms with E-state index in [1.165, 1.54) is 0 Å². The smallest absolute Gasteiger partial charge is 0.407 e. The quantitative estimate of drug-likeness (QED) is 0.128. The Morgan fingerprint density at radius 2 is 0.881 bits per heavy atom. The summed E-state index contributed by atoms with van der Waals surface area (Å²) in [6.45, 7) is 2.09. The Morgan fingerprint density at radius 3 is 1.33 bits per heavy atom. The molecule has 1 atom stereocenters. The third-order valence-corrected chi connectivity index (χ3v) is 6.54. The van der Waals surface area contributed by atoms with Crippen molar-refractivity contribution in [2.75, 3.05) is 19.6 Å². The van der Waals surface area contributed by atoms with Gasteiger partial charge in [0.1, 0.15) is 19.8 Å². The van der Waals surface area contributed by atoms with Crippen molar-refractivity contribution in [2.24, 2.45) is 5.92 Å². The minimum atomic E-state index is -0.464. The summed E-state index contributed by atoms with van der Waals surface area (Å²) in [5, 5.41) is 8.44. The maximum atomic E-state index is 12.3. The van der Waals surface area contributed by atoms with E-state index in [-0.39, 0.29) is 25.7 Å². The molecule has 0 heterocycles. The zero-order valence-electron chi connectivity index (χ0n) is 24.0. The standard InChI is InChI=1S/C33H41N3O6/c37-31(40-24-28-14-4-1-5-15-28)34-21-11-10-13-27(23-36-33(39)42-26-30-18-8-3-9-19-30)20-12-22-35-32(38)41-25-29-16-6-2-7-17-29/h1-9,14-19,27H,10-13,20-26H2,(H,34,37)(H,35,38)(H,36,39).